The van der Waals surface area contributed by atoms with E-state index in [4.69, 9.17) is 27.9 Å². The van der Waals surface area contributed by atoms with Crippen molar-refractivity contribution < 1.29 is 9.53 Å². The van der Waals surface area contributed by atoms with E-state index in [1.807, 2.05) is 24.3 Å². The van der Waals surface area contributed by atoms with Gasteiger partial charge in [-0.05, 0) is 42.7 Å². The van der Waals surface area contributed by atoms with Crippen LogP contribution in [0.2, 0.25) is 10.0 Å². The van der Waals surface area contributed by atoms with Gasteiger partial charge in [-0.3, -0.25) is 4.79 Å². The van der Waals surface area contributed by atoms with E-state index in [2.05, 4.69) is 10.5 Å². The van der Waals surface area contributed by atoms with Crippen molar-refractivity contribution in [3.05, 3.63) is 63.6 Å². The van der Waals surface area contributed by atoms with Crippen molar-refractivity contribution in [3.8, 4) is 5.75 Å². The predicted octanol–water partition coefficient (Wildman–Crippen LogP) is 4.48. The van der Waals surface area contributed by atoms with Crippen LogP contribution in [0.3, 0.4) is 0 Å². The third-order valence-corrected chi connectivity index (χ3v) is 4.07. The molecule has 0 bridgehead atoms. The van der Waals surface area contributed by atoms with Gasteiger partial charge in [-0.1, -0.05) is 41.4 Å². The second-order valence-electron chi connectivity index (χ2n) is 5.13. The SMILES string of the molecule is COc1ccc(CCCC(=O)N/N=C\c2c(Cl)cccc2Cl)cc1. The number of carbonyl (C=O) groups excluding carboxylic acids is 1. The van der Waals surface area contributed by atoms with Gasteiger partial charge in [0.15, 0.2) is 0 Å². The third kappa shape index (κ3) is 5.55. The van der Waals surface area contributed by atoms with Crippen molar-refractivity contribution in [2.45, 2.75) is 19.3 Å². The summed E-state index contributed by atoms with van der Waals surface area (Å²) in [5, 5.41) is 4.87. The van der Waals surface area contributed by atoms with E-state index >= 15 is 0 Å². The van der Waals surface area contributed by atoms with Gasteiger partial charge in [0.05, 0.1) is 23.4 Å². The molecule has 0 saturated heterocycles. The number of methoxy groups -OCH3 is 1. The molecule has 1 amide bonds. The van der Waals surface area contributed by atoms with Crippen molar-refractivity contribution in [2.75, 3.05) is 7.11 Å². The molecule has 6 heteroatoms. The lowest BCUT2D eigenvalue weighted by atomic mass is 10.1. The molecule has 2 aromatic rings. The van der Waals surface area contributed by atoms with Crippen molar-refractivity contribution in [1.82, 2.24) is 5.43 Å². The Labute approximate surface area is 151 Å². The minimum absolute atomic E-state index is 0.150. The van der Waals surface area contributed by atoms with Crippen molar-refractivity contribution in [2.24, 2.45) is 5.10 Å². The Balaban J connectivity index is 1.76. The number of rotatable bonds is 7. The number of nitrogens with zero attached hydrogens (tertiary/aromatic N) is 1. The van der Waals surface area contributed by atoms with Crippen LogP contribution < -0.4 is 10.2 Å². The summed E-state index contributed by atoms with van der Waals surface area (Å²) in [6.07, 6.45) is 3.39. The fourth-order valence-corrected chi connectivity index (χ4v) is 2.60. The molecule has 0 aliphatic carbocycles. The standard InChI is InChI=1S/C18H18Cl2N2O2/c1-24-14-10-8-13(9-11-14)4-2-7-18(23)22-21-12-15-16(19)5-3-6-17(15)20/h3,5-6,8-12H,2,4,7H2,1H3,(H,22,23)/b21-12-. The highest BCUT2D eigenvalue weighted by molar-refractivity contribution is 6.38. The van der Waals surface area contributed by atoms with Gasteiger partial charge < -0.3 is 4.74 Å². The smallest absolute Gasteiger partial charge is 0.240 e. The monoisotopic (exact) mass is 364 g/mol. The molecule has 0 heterocycles. The number of aryl methyl sites for hydroxylation is 1. The average Bonchev–Trinajstić information content (AvgIpc) is 2.58. The third-order valence-electron chi connectivity index (χ3n) is 3.41. The molecule has 2 rings (SSSR count). The van der Waals surface area contributed by atoms with Crippen molar-refractivity contribution in [1.29, 1.82) is 0 Å². The highest BCUT2D eigenvalue weighted by Crippen LogP contribution is 2.22. The number of ether oxygens (including phenoxy) is 1. The van der Waals surface area contributed by atoms with Crippen LogP contribution in [0, 0.1) is 0 Å². The number of hydrogen-bond acceptors (Lipinski definition) is 3. The Kier molecular flexibility index (Phi) is 7.09. The zero-order chi connectivity index (χ0) is 17.4. The Morgan fingerprint density at radius 2 is 1.83 bits per heavy atom. The topological polar surface area (TPSA) is 50.7 Å². The van der Waals surface area contributed by atoms with Gasteiger partial charge >= 0.3 is 0 Å². The summed E-state index contributed by atoms with van der Waals surface area (Å²) in [7, 11) is 1.63. The molecule has 0 saturated carbocycles. The summed E-state index contributed by atoms with van der Waals surface area (Å²) in [4.78, 5) is 11.8. The van der Waals surface area contributed by atoms with E-state index in [-0.39, 0.29) is 5.91 Å². The first-order valence-corrected chi connectivity index (χ1v) is 8.24. The van der Waals surface area contributed by atoms with Crippen LogP contribution in [0.4, 0.5) is 0 Å². The van der Waals surface area contributed by atoms with Gasteiger partial charge in [-0.15, -0.1) is 0 Å². The average molecular weight is 365 g/mol. The number of nitrogens with one attached hydrogen (secondary N) is 1. The molecule has 126 valence electrons. The van der Waals surface area contributed by atoms with E-state index in [1.54, 1.807) is 25.3 Å². The molecule has 0 aromatic heterocycles. The van der Waals surface area contributed by atoms with Gasteiger partial charge in [0.2, 0.25) is 5.91 Å². The molecule has 2 aromatic carbocycles. The number of halogens is 2. The van der Waals surface area contributed by atoms with E-state index in [0.717, 1.165) is 24.2 Å². The van der Waals surface area contributed by atoms with Gasteiger partial charge in [0.25, 0.3) is 0 Å². The summed E-state index contributed by atoms with van der Waals surface area (Å²) in [6.45, 7) is 0. The Morgan fingerprint density at radius 1 is 1.17 bits per heavy atom. The lowest BCUT2D eigenvalue weighted by Gasteiger charge is -2.04. The maximum Gasteiger partial charge on any atom is 0.240 e. The van der Waals surface area contributed by atoms with Gasteiger partial charge in [0, 0.05) is 12.0 Å². The lowest BCUT2D eigenvalue weighted by Crippen LogP contribution is -2.17. The van der Waals surface area contributed by atoms with Crippen LogP contribution in [-0.4, -0.2) is 19.2 Å². The largest absolute Gasteiger partial charge is 0.497 e. The van der Waals surface area contributed by atoms with Gasteiger partial charge in [-0.2, -0.15) is 5.10 Å². The normalized spacial score (nSPS) is 10.8. The number of hydrazone groups is 1. The predicted molar refractivity (Wildman–Crippen MR) is 98.1 cm³/mol. The summed E-state index contributed by atoms with van der Waals surface area (Å²) in [6, 6.07) is 13.0. The highest BCUT2D eigenvalue weighted by Gasteiger charge is 2.03. The molecule has 0 spiro atoms. The quantitative estimate of drug-likeness (QED) is 0.581. The van der Waals surface area contributed by atoms with E-state index < -0.39 is 0 Å². The molecule has 4 nitrogen and oxygen atoms in total. The van der Waals surface area contributed by atoms with E-state index in [0.29, 0.717) is 22.0 Å². The first-order valence-electron chi connectivity index (χ1n) is 7.49. The second kappa shape index (κ2) is 9.30. The zero-order valence-electron chi connectivity index (χ0n) is 13.3. The van der Waals surface area contributed by atoms with Gasteiger partial charge in [-0.25, -0.2) is 5.43 Å². The van der Waals surface area contributed by atoms with Crippen LogP contribution in [0.15, 0.2) is 47.6 Å². The van der Waals surface area contributed by atoms with Crippen LogP contribution >= 0.6 is 23.2 Å². The minimum Gasteiger partial charge on any atom is -0.497 e. The summed E-state index contributed by atoms with van der Waals surface area (Å²) >= 11 is 12.0. The van der Waals surface area contributed by atoms with Crippen molar-refractivity contribution in [3.63, 3.8) is 0 Å². The number of hydrogen-bond donors (Lipinski definition) is 1. The zero-order valence-corrected chi connectivity index (χ0v) is 14.8. The lowest BCUT2D eigenvalue weighted by molar-refractivity contribution is -0.121. The summed E-state index contributed by atoms with van der Waals surface area (Å²) < 4.78 is 5.11. The fourth-order valence-electron chi connectivity index (χ4n) is 2.10. The van der Waals surface area contributed by atoms with Crippen LogP contribution in [0.5, 0.6) is 5.75 Å². The molecule has 1 N–H and O–H groups in total. The summed E-state index contributed by atoms with van der Waals surface area (Å²) in [5.41, 5.74) is 4.23. The summed E-state index contributed by atoms with van der Waals surface area (Å²) in [5.74, 6) is 0.673. The molecule has 0 fully saturated rings. The minimum atomic E-state index is -0.150. The molecule has 0 radical (unpaired) electrons. The first-order chi connectivity index (χ1) is 11.6. The number of amides is 1. The number of carbonyl (C=O) groups is 1. The molecule has 0 aliphatic heterocycles. The van der Waals surface area contributed by atoms with Crippen molar-refractivity contribution >= 4 is 35.3 Å². The van der Waals surface area contributed by atoms with E-state index in [9.17, 15) is 4.79 Å². The Morgan fingerprint density at radius 3 is 2.46 bits per heavy atom. The first kappa shape index (κ1) is 18.3. The second-order valence-corrected chi connectivity index (χ2v) is 5.94. The van der Waals surface area contributed by atoms with Crippen LogP contribution in [0.25, 0.3) is 0 Å². The maximum absolute atomic E-state index is 11.8. The Hall–Kier alpha value is -2.04. The van der Waals surface area contributed by atoms with Crippen LogP contribution in [-0.2, 0) is 11.2 Å². The number of benzene rings is 2. The Bertz CT molecular complexity index is 695. The molecule has 0 aliphatic rings. The highest BCUT2D eigenvalue weighted by atomic mass is 35.5. The molecule has 0 unspecified atom stereocenters. The van der Waals surface area contributed by atoms with Crippen LogP contribution in [0.1, 0.15) is 24.0 Å². The molecular weight excluding hydrogens is 347 g/mol. The van der Waals surface area contributed by atoms with Gasteiger partial charge in [0.1, 0.15) is 5.75 Å². The molecule has 24 heavy (non-hydrogen) atoms. The fraction of sp³-hybridized carbons (Fsp3) is 0.222. The molecular formula is C18H18Cl2N2O2. The molecule has 0 atom stereocenters. The van der Waals surface area contributed by atoms with E-state index in [1.165, 1.54) is 6.21 Å². The maximum atomic E-state index is 11.8.